The number of rotatable bonds is 6. The zero-order valence-corrected chi connectivity index (χ0v) is 10.1. The molecule has 0 aliphatic heterocycles. The van der Waals surface area contributed by atoms with Crippen molar-refractivity contribution in [1.29, 1.82) is 0 Å². The summed E-state index contributed by atoms with van der Waals surface area (Å²) in [5.74, 6) is 1.66. The largest absolute Gasteiger partial charge is 0.312 e. The van der Waals surface area contributed by atoms with E-state index in [1.807, 2.05) is 17.8 Å². The first-order valence-electron chi connectivity index (χ1n) is 5.16. The summed E-state index contributed by atoms with van der Waals surface area (Å²) in [4.78, 5) is 0. The van der Waals surface area contributed by atoms with Gasteiger partial charge in [0.05, 0.1) is 0 Å². The Morgan fingerprint density at radius 1 is 1.47 bits per heavy atom. The minimum atomic E-state index is -0.161. The Morgan fingerprint density at radius 2 is 2.27 bits per heavy atom. The van der Waals surface area contributed by atoms with Gasteiger partial charge < -0.3 is 5.32 Å². The molecule has 3 heteroatoms. The molecule has 0 saturated heterocycles. The lowest BCUT2D eigenvalue weighted by Gasteiger charge is -2.10. The Morgan fingerprint density at radius 3 is 2.93 bits per heavy atom. The quantitative estimate of drug-likeness (QED) is 0.802. The van der Waals surface area contributed by atoms with Crippen LogP contribution in [0.5, 0.6) is 0 Å². The molecule has 1 aromatic rings. The molecular weight excluding hydrogens is 209 g/mol. The first-order valence-corrected chi connectivity index (χ1v) is 6.56. The fourth-order valence-corrected chi connectivity index (χ4v) is 2.14. The SMILES string of the molecule is CSCC(C)CNCc1cccc(F)c1. The second-order valence-corrected chi connectivity index (χ2v) is 4.73. The van der Waals surface area contributed by atoms with Gasteiger partial charge in [0.25, 0.3) is 0 Å². The summed E-state index contributed by atoms with van der Waals surface area (Å²) in [6, 6.07) is 6.74. The van der Waals surface area contributed by atoms with Gasteiger partial charge >= 0.3 is 0 Å². The van der Waals surface area contributed by atoms with Crippen LogP contribution >= 0.6 is 11.8 Å². The van der Waals surface area contributed by atoms with Crippen molar-refractivity contribution in [1.82, 2.24) is 5.32 Å². The normalized spacial score (nSPS) is 12.7. The van der Waals surface area contributed by atoms with Crippen LogP contribution in [0.15, 0.2) is 24.3 Å². The lowest BCUT2D eigenvalue weighted by molar-refractivity contribution is 0.556. The first-order chi connectivity index (χ1) is 7.22. The molecule has 0 bridgehead atoms. The molecule has 1 N–H and O–H groups in total. The molecule has 0 aliphatic rings. The van der Waals surface area contributed by atoms with Crippen molar-refractivity contribution in [3.63, 3.8) is 0 Å². The van der Waals surface area contributed by atoms with Crippen LogP contribution in [0.3, 0.4) is 0 Å². The monoisotopic (exact) mass is 227 g/mol. The molecule has 1 unspecified atom stereocenters. The molecule has 1 aromatic carbocycles. The van der Waals surface area contributed by atoms with Gasteiger partial charge in [0.2, 0.25) is 0 Å². The Labute approximate surface area is 95.5 Å². The Bertz CT molecular complexity index is 291. The van der Waals surface area contributed by atoms with Gasteiger partial charge in [-0.15, -0.1) is 0 Å². The van der Waals surface area contributed by atoms with Crippen molar-refractivity contribution in [3.8, 4) is 0 Å². The predicted molar refractivity (Wildman–Crippen MR) is 65.7 cm³/mol. The van der Waals surface area contributed by atoms with Crippen molar-refractivity contribution in [3.05, 3.63) is 35.6 Å². The fourth-order valence-electron chi connectivity index (χ4n) is 1.45. The maximum Gasteiger partial charge on any atom is 0.123 e. The average molecular weight is 227 g/mol. The molecule has 84 valence electrons. The zero-order valence-electron chi connectivity index (χ0n) is 9.29. The van der Waals surface area contributed by atoms with E-state index in [0.29, 0.717) is 5.92 Å². The van der Waals surface area contributed by atoms with E-state index in [4.69, 9.17) is 0 Å². The Kier molecular flexibility index (Phi) is 5.73. The number of nitrogens with one attached hydrogen (secondary N) is 1. The summed E-state index contributed by atoms with van der Waals surface area (Å²) in [5, 5.41) is 3.33. The minimum Gasteiger partial charge on any atom is -0.312 e. The summed E-state index contributed by atoms with van der Waals surface area (Å²) in [5.41, 5.74) is 1.01. The maximum absolute atomic E-state index is 12.8. The first kappa shape index (κ1) is 12.5. The van der Waals surface area contributed by atoms with E-state index in [1.165, 1.54) is 6.07 Å². The van der Waals surface area contributed by atoms with Gasteiger partial charge in [0.15, 0.2) is 0 Å². The number of hydrogen-bond donors (Lipinski definition) is 1. The molecule has 0 amide bonds. The van der Waals surface area contributed by atoms with Crippen LogP contribution in [0.25, 0.3) is 0 Å². The summed E-state index contributed by atoms with van der Waals surface area (Å²) in [6.45, 7) is 3.95. The lowest BCUT2D eigenvalue weighted by atomic mass is 10.2. The highest BCUT2D eigenvalue weighted by molar-refractivity contribution is 7.98. The number of benzene rings is 1. The highest BCUT2D eigenvalue weighted by atomic mass is 32.2. The van der Waals surface area contributed by atoms with Crippen LogP contribution in [-0.4, -0.2) is 18.6 Å². The Hall–Kier alpha value is -0.540. The summed E-state index contributed by atoms with van der Waals surface area (Å²) in [7, 11) is 0. The van der Waals surface area contributed by atoms with E-state index in [1.54, 1.807) is 12.1 Å². The molecule has 0 radical (unpaired) electrons. The Balaban J connectivity index is 2.25. The second-order valence-electron chi connectivity index (χ2n) is 3.82. The van der Waals surface area contributed by atoms with Crippen molar-refractivity contribution in [2.45, 2.75) is 13.5 Å². The summed E-state index contributed by atoms with van der Waals surface area (Å²) >= 11 is 1.86. The van der Waals surface area contributed by atoms with Crippen molar-refractivity contribution < 1.29 is 4.39 Å². The van der Waals surface area contributed by atoms with Crippen LogP contribution < -0.4 is 5.32 Å². The molecule has 0 spiro atoms. The molecule has 0 aliphatic carbocycles. The third-order valence-electron chi connectivity index (χ3n) is 2.16. The van der Waals surface area contributed by atoms with Gasteiger partial charge in [-0.3, -0.25) is 0 Å². The second kappa shape index (κ2) is 6.85. The van der Waals surface area contributed by atoms with E-state index in [0.717, 1.165) is 24.4 Å². The van der Waals surface area contributed by atoms with Gasteiger partial charge in [0.1, 0.15) is 5.82 Å². The lowest BCUT2D eigenvalue weighted by Crippen LogP contribution is -2.22. The number of thioether (sulfide) groups is 1. The topological polar surface area (TPSA) is 12.0 Å². The maximum atomic E-state index is 12.8. The van der Waals surface area contributed by atoms with Crippen LogP contribution in [-0.2, 0) is 6.54 Å². The molecule has 1 rings (SSSR count). The molecule has 1 atom stereocenters. The zero-order chi connectivity index (χ0) is 11.1. The standard InChI is InChI=1S/C12H18FNS/c1-10(9-15-2)7-14-8-11-4-3-5-12(13)6-11/h3-6,10,14H,7-9H2,1-2H3. The third-order valence-corrected chi connectivity index (χ3v) is 3.06. The van der Waals surface area contributed by atoms with Gasteiger partial charge in [-0.05, 0) is 42.2 Å². The van der Waals surface area contributed by atoms with Crippen LogP contribution in [0.2, 0.25) is 0 Å². The van der Waals surface area contributed by atoms with Crippen molar-refractivity contribution in [2.24, 2.45) is 5.92 Å². The molecule has 0 fully saturated rings. The van der Waals surface area contributed by atoms with E-state index in [2.05, 4.69) is 18.5 Å². The molecule has 0 aromatic heterocycles. The molecule has 15 heavy (non-hydrogen) atoms. The van der Waals surface area contributed by atoms with E-state index in [9.17, 15) is 4.39 Å². The smallest absolute Gasteiger partial charge is 0.123 e. The van der Waals surface area contributed by atoms with Gasteiger partial charge in [-0.1, -0.05) is 19.1 Å². The molecule has 0 saturated carbocycles. The highest BCUT2D eigenvalue weighted by Crippen LogP contribution is 2.05. The molecular formula is C12H18FNS. The highest BCUT2D eigenvalue weighted by Gasteiger charge is 2.00. The van der Waals surface area contributed by atoms with Gasteiger partial charge in [-0.25, -0.2) is 4.39 Å². The van der Waals surface area contributed by atoms with E-state index >= 15 is 0 Å². The van der Waals surface area contributed by atoms with Gasteiger partial charge in [-0.2, -0.15) is 11.8 Å². The van der Waals surface area contributed by atoms with Gasteiger partial charge in [0, 0.05) is 6.54 Å². The average Bonchev–Trinajstić information content (AvgIpc) is 2.18. The van der Waals surface area contributed by atoms with E-state index in [-0.39, 0.29) is 5.82 Å². The summed E-state index contributed by atoms with van der Waals surface area (Å²) in [6.07, 6.45) is 2.11. The number of halogens is 1. The van der Waals surface area contributed by atoms with Crippen LogP contribution in [0, 0.1) is 11.7 Å². The van der Waals surface area contributed by atoms with Crippen LogP contribution in [0.4, 0.5) is 4.39 Å². The predicted octanol–water partition coefficient (Wildman–Crippen LogP) is 2.91. The minimum absolute atomic E-state index is 0.161. The fraction of sp³-hybridized carbons (Fsp3) is 0.500. The molecule has 0 heterocycles. The summed E-state index contributed by atoms with van der Waals surface area (Å²) < 4.78 is 12.8. The molecule has 1 nitrogen and oxygen atoms in total. The number of hydrogen-bond acceptors (Lipinski definition) is 2. The van der Waals surface area contributed by atoms with Crippen molar-refractivity contribution in [2.75, 3.05) is 18.6 Å². The third kappa shape index (κ3) is 5.19. The van der Waals surface area contributed by atoms with Crippen LogP contribution in [0.1, 0.15) is 12.5 Å². The van der Waals surface area contributed by atoms with E-state index < -0.39 is 0 Å². The van der Waals surface area contributed by atoms with Crippen molar-refractivity contribution >= 4 is 11.8 Å².